The molecule has 0 radical (unpaired) electrons. The van der Waals surface area contributed by atoms with Crippen molar-refractivity contribution in [1.82, 2.24) is 5.32 Å². The monoisotopic (exact) mass is 523 g/mol. The molecule has 0 aliphatic rings. The number of aryl methyl sites for hydroxylation is 2. The van der Waals surface area contributed by atoms with Crippen LogP contribution < -0.4 is 10.1 Å². The summed E-state index contributed by atoms with van der Waals surface area (Å²) in [4.78, 5) is 48.6. The summed E-state index contributed by atoms with van der Waals surface area (Å²) in [7, 11) is 0. The molecule has 38 heavy (non-hydrogen) atoms. The average molecular weight is 524 g/mol. The number of Topliss-reactive ketones (excluding diaryl/α,β-unsaturated/α-hetero) is 1. The summed E-state index contributed by atoms with van der Waals surface area (Å²) < 4.78 is 5.27. The molecule has 204 valence electrons. The van der Waals surface area contributed by atoms with Gasteiger partial charge < -0.3 is 20.3 Å². The van der Waals surface area contributed by atoms with Crippen LogP contribution in [0.3, 0.4) is 0 Å². The first-order valence-corrected chi connectivity index (χ1v) is 12.9. The summed E-state index contributed by atoms with van der Waals surface area (Å²) in [5.41, 5.74) is 1.18. The van der Waals surface area contributed by atoms with Crippen molar-refractivity contribution in [2.75, 3.05) is 0 Å². The van der Waals surface area contributed by atoms with E-state index in [9.17, 15) is 29.4 Å². The van der Waals surface area contributed by atoms with E-state index in [1.165, 1.54) is 18.2 Å². The highest BCUT2D eigenvalue weighted by molar-refractivity contribution is 5.91. The Kier molecular flexibility index (Phi) is 11.9. The molecule has 0 bridgehead atoms. The first-order valence-electron chi connectivity index (χ1n) is 12.9. The van der Waals surface area contributed by atoms with Gasteiger partial charge >= 0.3 is 11.9 Å². The number of aliphatic hydroxyl groups is 1. The van der Waals surface area contributed by atoms with Gasteiger partial charge in [-0.3, -0.25) is 14.4 Å². The molecule has 2 aromatic rings. The Morgan fingerprint density at radius 1 is 0.947 bits per heavy atom. The molecule has 0 fully saturated rings. The van der Waals surface area contributed by atoms with E-state index >= 15 is 0 Å². The van der Waals surface area contributed by atoms with E-state index in [2.05, 4.69) is 5.32 Å². The number of carbonyl (C=O) groups excluding carboxylic acids is 3. The molecule has 2 aromatic carbocycles. The van der Waals surface area contributed by atoms with Gasteiger partial charge in [-0.25, -0.2) is 4.79 Å². The maximum atomic E-state index is 12.4. The molecule has 0 aromatic heterocycles. The number of hydrogen-bond donors (Lipinski definition) is 3. The fourth-order valence-corrected chi connectivity index (χ4v) is 3.74. The fourth-order valence-electron chi connectivity index (χ4n) is 3.74. The zero-order chi connectivity index (χ0) is 28.1. The second kappa shape index (κ2) is 14.8. The van der Waals surface area contributed by atoms with Crippen LogP contribution in [0.15, 0.2) is 60.7 Å². The summed E-state index contributed by atoms with van der Waals surface area (Å²) in [5, 5.41) is 22.6. The molecule has 2 rings (SSSR count). The Labute approximate surface area is 223 Å². The van der Waals surface area contributed by atoms with E-state index in [0.29, 0.717) is 18.4 Å². The number of carboxylic acid groups (broad SMARTS) is 1. The lowest BCUT2D eigenvalue weighted by atomic mass is 9.91. The third kappa shape index (κ3) is 9.94. The van der Waals surface area contributed by atoms with Crippen molar-refractivity contribution in [3.05, 3.63) is 77.4 Å². The second-order valence-corrected chi connectivity index (χ2v) is 9.28. The van der Waals surface area contributed by atoms with Gasteiger partial charge in [0, 0.05) is 19.3 Å². The highest BCUT2D eigenvalue weighted by Gasteiger charge is 2.30. The first kappa shape index (κ1) is 30.4. The molecular formula is C30H37NO7. The second-order valence-electron chi connectivity index (χ2n) is 9.28. The molecule has 0 saturated heterocycles. The predicted molar refractivity (Wildman–Crippen MR) is 144 cm³/mol. The first-order chi connectivity index (χ1) is 18.1. The molecule has 0 saturated carbocycles. The third-order valence-electron chi connectivity index (χ3n) is 6.20. The van der Waals surface area contributed by atoms with E-state index in [-0.39, 0.29) is 43.8 Å². The van der Waals surface area contributed by atoms with Crippen LogP contribution in [0, 0.1) is 6.92 Å². The largest absolute Gasteiger partial charge is 0.480 e. The number of carboxylic acids is 1. The zero-order valence-corrected chi connectivity index (χ0v) is 22.2. The van der Waals surface area contributed by atoms with Crippen molar-refractivity contribution in [1.29, 1.82) is 0 Å². The van der Waals surface area contributed by atoms with Gasteiger partial charge in [-0.15, -0.1) is 0 Å². The molecule has 0 heterocycles. The van der Waals surface area contributed by atoms with E-state index in [4.69, 9.17) is 4.74 Å². The maximum absolute atomic E-state index is 12.4. The summed E-state index contributed by atoms with van der Waals surface area (Å²) in [6.07, 6.45) is 4.49. The van der Waals surface area contributed by atoms with Crippen molar-refractivity contribution >= 4 is 23.6 Å². The Morgan fingerprint density at radius 3 is 2.16 bits per heavy atom. The molecule has 2 atom stereocenters. The number of nitrogens with one attached hydrogen (secondary N) is 1. The number of benzene rings is 2. The van der Waals surface area contributed by atoms with Gasteiger partial charge in [0.25, 0.3) is 0 Å². The number of hydrogen-bond acceptors (Lipinski definition) is 6. The number of allylic oxidation sites excluding steroid dienone is 1. The van der Waals surface area contributed by atoms with Crippen molar-refractivity contribution in [2.45, 2.75) is 77.4 Å². The van der Waals surface area contributed by atoms with Gasteiger partial charge in [-0.2, -0.15) is 0 Å². The summed E-state index contributed by atoms with van der Waals surface area (Å²) in [6.45, 7) is 5.57. The molecule has 0 aliphatic carbocycles. The van der Waals surface area contributed by atoms with E-state index in [1.54, 1.807) is 25.1 Å². The molecule has 3 N–H and O–H groups in total. The van der Waals surface area contributed by atoms with Crippen LogP contribution in [0.5, 0.6) is 5.75 Å². The number of esters is 1. The standard InChI is InChI=1S/C30H37NO7/c1-4-6-19-30(37,5-2)26(32)16-18-28(34)38-24-14-11-23(12-15-24)20-25(29(35)36)31-27(33)17-13-22-9-7-21(3)8-10-22/h6-12,14-15,19,25,37H,4-5,13,16-18,20H2,1-3H3,(H,31,33)(H,35,36)/b19-6-. The predicted octanol–water partition coefficient (Wildman–Crippen LogP) is 4.10. The smallest absolute Gasteiger partial charge is 0.326 e. The molecular weight excluding hydrogens is 486 g/mol. The number of amides is 1. The molecule has 1 amide bonds. The molecule has 0 aliphatic heterocycles. The Bertz CT molecular complexity index is 1120. The summed E-state index contributed by atoms with van der Waals surface area (Å²) in [6, 6.07) is 13.0. The quantitative estimate of drug-likeness (QED) is 0.182. The van der Waals surface area contributed by atoms with Crippen molar-refractivity contribution in [3.63, 3.8) is 0 Å². The summed E-state index contributed by atoms with van der Waals surface area (Å²) in [5.74, 6) is -2.31. The third-order valence-corrected chi connectivity index (χ3v) is 6.20. The Morgan fingerprint density at radius 2 is 1.58 bits per heavy atom. The van der Waals surface area contributed by atoms with Gasteiger partial charge in [-0.1, -0.05) is 61.9 Å². The normalized spacial score (nSPS) is 13.5. The van der Waals surface area contributed by atoms with E-state index in [0.717, 1.165) is 11.1 Å². The van der Waals surface area contributed by atoms with Crippen molar-refractivity contribution < 1.29 is 34.1 Å². The van der Waals surface area contributed by atoms with Gasteiger partial charge in [-0.05, 0) is 55.5 Å². The molecule has 2 unspecified atom stereocenters. The minimum absolute atomic E-state index is 0.0647. The molecule has 0 spiro atoms. The van der Waals surface area contributed by atoms with Crippen LogP contribution in [-0.4, -0.2) is 45.5 Å². The van der Waals surface area contributed by atoms with E-state index in [1.807, 2.05) is 38.1 Å². The number of carbonyl (C=O) groups is 4. The number of rotatable bonds is 15. The van der Waals surface area contributed by atoms with Crippen LogP contribution in [-0.2, 0) is 32.0 Å². The fraction of sp³-hybridized carbons (Fsp3) is 0.400. The van der Waals surface area contributed by atoms with Gasteiger partial charge in [0.1, 0.15) is 17.4 Å². The van der Waals surface area contributed by atoms with Gasteiger partial charge in [0.05, 0.1) is 6.42 Å². The Balaban J connectivity index is 1.86. The number of aliphatic carboxylic acids is 1. The number of ketones is 1. The van der Waals surface area contributed by atoms with Crippen molar-refractivity contribution in [3.8, 4) is 5.75 Å². The maximum Gasteiger partial charge on any atom is 0.326 e. The van der Waals surface area contributed by atoms with Gasteiger partial charge in [0.15, 0.2) is 5.78 Å². The topological polar surface area (TPSA) is 130 Å². The Hall–Kier alpha value is -3.78. The average Bonchev–Trinajstić information content (AvgIpc) is 2.90. The summed E-state index contributed by atoms with van der Waals surface area (Å²) >= 11 is 0. The molecule has 8 heteroatoms. The van der Waals surface area contributed by atoms with Crippen LogP contribution >= 0.6 is 0 Å². The van der Waals surface area contributed by atoms with Crippen molar-refractivity contribution in [2.24, 2.45) is 0 Å². The minimum Gasteiger partial charge on any atom is -0.480 e. The highest BCUT2D eigenvalue weighted by Crippen LogP contribution is 2.19. The van der Waals surface area contributed by atoms with Gasteiger partial charge in [0.2, 0.25) is 5.91 Å². The molecule has 8 nitrogen and oxygen atoms in total. The van der Waals surface area contributed by atoms with Crippen LogP contribution in [0.2, 0.25) is 0 Å². The lowest BCUT2D eigenvalue weighted by Crippen LogP contribution is -2.42. The number of ether oxygens (including phenoxy) is 1. The zero-order valence-electron chi connectivity index (χ0n) is 22.2. The van der Waals surface area contributed by atoms with Crippen LogP contribution in [0.25, 0.3) is 0 Å². The lowest BCUT2D eigenvalue weighted by molar-refractivity contribution is -0.141. The van der Waals surface area contributed by atoms with Crippen LogP contribution in [0.1, 0.15) is 62.6 Å². The van der Waals surface area contributed by atoms with Crippen LogP contribution in [0.4, 0.5) is 0 Å². The minimum atomic E-state index is -1.59. The lowest BCUT2D eigenvalue weighted by Gasteiger charge is -2.21. The highest BCUT2D eigenvalue weighted by atomic mass is 16.5. The van der Waals surface area contributed by atoms with E-state index < -0.39 is 29.4 Å². The SMILES string of the molecule is CC/C=C\C(O)(CC)C(=O)CCC(=O)Oc1ccc(CC(NC(=O)CCc2ccc(C)cc2)C(=O)O)cc1.